The van der Waals surface area contributed by atoms with E-state index in [9.17, 15) is 0 Å². The van der Waals surface area contributed by atoms with Crippen molar-refractivity contribution in [2.75, 3.05) is 7.05 Å². The molecule has 3 aromatic carbocycles. The third-order valence-corrected chi connectivity index (χ3v) is 6.21. The molecule has 0 heterocycles. The van der Waals surface area contributed by atoms with Crippen molar-refractivity contribution < 1.29 is 4.52 Å². The van der Waals surface area contributed by atoms with E-state index in [1.54, 1.807) is 0 Å². The van der Waals surface area contributed by atoms with Crippen molar-refractivity contribution >= 4 is 18.8 Å². The van der Waals surface area contributed by atoms with Crippen LogP contribution in [-0.4, -0.2) is 13.1 Å². The first-order valence-electron chi connectivity index (χ1n) is 8.59. The lowest BCUT2D eigenvalue weighted by molar-refractivity contribution is 0.191. The monoisotopic (exact) mass is 349 g/mol. The second-order valence-corrected chi connectivity index (χ2v) is 7.81. The number of likely N-dealkylation sites (N-methyl/N-ethyl adjacent to an activating group) is 1. The molecule has 0 amide bonds. The Kier molecular flexibility index (Phi) is 6.36. The van der Waals surface area contributed by atoms with Gasteiger partial charge in [-0.15, -0.1) is 0 Å². The van der Waals surface area contributed by atoms with Crippen LogP contribution in [0.2, 0.25) is 0 Å². The summed E-state index contributed by atoms with van der Waals surface area (Å²) in [5.41, 5.74) is 1.20. The summed E-state index contributed by atoms with van der Waals surface area (Å²) in [6, 6.07) is 31.7. The Balaban J connectivity index is 1.97. The van der Waals surface area contributed by atoms with Gasteiger partial charge < -0.3 is 9.84 Å². The Labute approximate surface area is 151 Å². The van der Waals surface area contributed by atoms with E-state index in [4.69, 9.17) is 4.52 Å². The third kappa shape index (κ3) is 4.55. The average Bonchev–Trinajstić information content (AvgIpc) is 2.70. The van der Waals surface area contributed by atoms with Crippen LogP contribution in [0.5, 0.6) is 0 Å². The number of benzene rings is 3. The normalized spacial score (nSPS) is 13.6. The first-order valence-corrected chi connectivity index (χ1v) is 9.85. The van der Waals surface area contributed by atoms with Gasteiger partial charge in [-0.2, -0.15) is 0 Å². The summed E-state index contributed by atoms with van der Waals surface area (Å²) in [6.07, 6.45) is -0.0160. The lowest BCUT2D eigenvalue weighted by atomic mass is 10.0. The summed E-state index contributed by atoms with van der Waals surface area (Å²) in [5, 5.41) is 5.82. The summed E-state index contributed by atoms with van der Waals surface area (Å²) in [5.74, 6) is 0. The maximum Gasteiger partial charge on any atom is 0.103 e. The van der Waals surface area contributed by atoms with Crippen molar-refractivity contribution in [2.24, 2.45) is 0 Å². The van der Waals surface area contributed by atoms with E-state index >= 15 is 0 Å². The second kappa shape index (κ2) is 8.92. The number of hydrogen-bond donors (Lipinski definition) is 1. The number of nitrogens with one attached hydrogen (secondary N) is 1. The van der Waals surface area contributed by atoms with Gasteiger partial charge in [0.05, 0.1) is 8.15 Å². The van der Waals surface area contributed by atoms with E-state index in [0.717, 1.165) is 0 Å². The largest absolute Gasteiger partial charge is 0.340 e. The molecule has 0 unspecified atom stereocenters. The molecule has 0 aromatic heterocycles. The van der Waals surface area contributed by atoms with E-state index in [2.05, 4.69) is 85.0 Å². The van der Waals surface area contributed by atoms with Crippen LogP contribution in [0.4, 0.5) is 0 Å². The highest BCUT2D eigenvalue weighted by molar-refractivity contribution is 7.68. The van der Waals surface area contributed by atoms with Gasteiger partial charge in [0.1, 0.15) is 6.10 Å². The summed E-state index contributed by atoms with van der Waals surface area (Å²) >= 11 is 0. The molecule has 0 aliphatic rings. The third-order valence-electron chi connectivity index (χ3n) is 4.24. The maximum absolute atomic E-state index is 6.76. The molecule has 3 rings (SSSR count). The van der Waals surface area contributed by atoms with Gasteiger partial charge in [0, 0.05) is 16.7 Å². The van der Waals surface area contributed by atoms with E-state index in [1.807, 2.05) is 25.2 Å². The highest BCUT2D eigenvalue weighted by atomic mass is 31.1. The predicted molar refractivity (Wildman–Crippen MR) is 108 cm³/mol. The van der Waals surface area contributed by atoms with E-state index in [-0.39, 0.29) is 12.1 Å². The van der Waals surface area contributed by atoms with Crippen LogP contribution in [-0.2, 0) is 4.52 Å². The fourth-order valence-corrected chi connectivity index (χ4v) is 4.70. The molecular formula is C22H24NOP. The van der Waals surface area contributed by atoms with Crippen molar-refractivity contribution in [3.05, 3.63) is 96.6 Å². The van der Waals surface area contributed by atoms with Gasteiger partial charge >= 0.3 is 0 Å². The average molecular weight is 349 g/mol. The SMILES string of the molecule is CN[C@@H](C)[C@H](OP(c1ccccc1)c1ccccc1)c1ccccc1. The molecule has 0 aliphatic carbocycles. The molecule has 25 heavy (non-hydrogen) atoms. The highest BCUT2D eigenvalue weighted by Gasteiger charge is 2.25. The molecule has 0 saturated heterocycles. The quantitative estimate of drug-likeness (QED) is 0.639. The molecule has 0 spiro atoms. The van der Waals surface area contributed by atoms with Crippen molar-refractivity contribution in [3.63, 3.8) is 0 Å². The first-order chi connectivity index (χ1) is 12.3. The molecule has 2 nitrogen and oxygen atoms in total. The van der Waals surface area contributed by atoms with Crippen LogP contribution in [0.1, 0.15) is 18.6 Å². The summed E-state index contributed by atoms with van der Waals surface area (Å²) in [7, 11) is 1.09. The smallest absolute Gasteiger partial charge is 0.103 e. The number of hydrogen-bond acceptors (Lipinski definition) is 2. The van der Waals surface area contributed by atoms with Gasteiger partial charge in [0.15, 0.2) is 0 Å². The predicted octanol–water partition coefficient (Wildman–Crippen LogP) is 4.40. The van der Waals surface area contributed by atoms with Crippen LogP contribution < -0.4 is 15.9 Å². The van der Waals surface area contributed by atoms with Gasteiger partial charge in [-0.25, -0.2) is 0 Å². The van der Waals surface area contributed by atoms with Crippen molar-refractivity contribution in [3.8, 4) is 0 Å². The lowest BCUT2D eigenvalue weighted by Crippen LogP contribution is -2.31. The summed E-state index contributed by atoms with van der Waals surface area (Å²) in [6.45, 7) is 2.17. The molecule has 2 atom stereocenters. The molecule has 128 valence electrons. The molecule has 0 bridgehead atoms. The Bertz CT molecular complexity index is 709. The highest BCUT2D eigenvalue weighted by Crippen LogP contribution is 2.42. The summed E-state index contributed by atoms with van der Waals surface area (Å²) in [4.78, 5) is 0. The minimum absolute atomic E-state index is 0.0160. The van der Waals surface area contributed by atoms with E-state index in [0.29, 0.717) is 0 Å². The van der Waals surface area contributed by atoms with E-state index < -0.39 is 8.15 Å². The van der Waals surface area contributed by atoms with Gasteiger partial charge in [0.2, 0.25) is 0 Å². The Morgan fingerprint density at radius 1 is 0.720 bits per heavy atom. The zero-order valence-corrected chi connectivity index (χ0v) is 15.6. The lowest BCUT2D eigenvalue weighted by Gasteiger charge is -2.29. The Hall–Kier alpha value is -1.99. The molecular weight excluding hydrogens is 325 g/mol. The van der Waals surface area contributed by atoms with Crippen molar-refractivity contribution in [1.29, 1.82) is 0 Å². The van der Waals surface area contributed by atoms with Gasteiger partial charge in [-0.3, -0.25) is 0 Å². The molecule has 0 aliphatic heterocycles. The van der Waals surface area contributed by atoms with Crippen LogP contribution in [0, 0.1) is 0 Å². The van der Waals surface area contributed by atoms with Crippen LogP contribution in [0.15, 0.2) is 91.0 Å². The van der Waals surface area contributed by atoms with E-state index in [1.165, 1.54) is 16.2 Å². The zero-order valence-electron chi connectivity index (χ0n) is 14.7. The topological polar surface area (TPSA) is 21.3 Å². The zero-order chi connectivity index (χ0) is 17.5. The van der Waals surface area contributed by atoms with Gasteiger partial charge in [0.25, 0.3) is 0 Å². The van der Waals surface area contributed by atoms with Crippen LogP contribution in [0.25, 0.3) is 0 Å². The molecule has 1 N–H and O–H groups in total. The Morgan fingerprint density at radius 3 is 1.60 bits per heavy atom. The van der Waals surface area contributed by atoms with Crippen molar-refractivity contribution in [2.45, 2.75) is 19.1 Å². The molecule has 0 fully saturated rings. The summed E-state index contributed by atoms with van der Waals surface area (Å²) < 4.78 is 6.76. The molecule has 3 heteroatoms. The Morgan fingerprint density at radius 2 is 1.16 bits per heavy atom. The fourth-order valence-electron chi connectivity index (χ4n) is 2.75. The van der Waals surface area contributed by atoms with Crippen LogP contribution >= 0.6 is 8.15 Å². The molecule has 0 saturated carbocycles. The van der Waals surface area contributed by atoms with Gasteiger partial charge in [-0.05, 0) is 19.5 Å². The van der Waals surface area contributed by atoms with Gasteiger partial charge in [-0.1, -0.05) is 91.0 Å². The first kappa shape index (κ1) is 17.8. The second-order valence-electron chi connectivity index (χ2n) is 5.98. The standard InChI is InChI=1S/C22H24NOP/c1-18(23-2)22(19-12-6-3-7-13-19)24-25(20-14-8-4-9-15-20)21-16-10-5-11-17-21/h3-18,22-23H,1-2H3/t18-,22-/m0/s1. The molecule has 0 radical (unpaired) electrons. The minimum Gasteiger partial charge on any atom is -0.340 e. The fraction of sp³-hybridized carbons (Fsp3) is 0.182. The number of rotatable bonds is 7. The van der Waals surface area contributed by atoms with Crippen molar-refractivity contribution in [1.82, 2.24) is 5.32 Å². The maximum atomic E-state index is 6.76. The minimum atomic E-state index is -0.892. The molecule has 3 aromatic rings. The van der Waals surface area contributed by atoms with Crippen LogP contribution in [0.3, 0.4) is 0 Å².